The minimum Gasteiger partial charge on any atom is -0.392 e. The van der Waals surface area contributed by atoms with Crippen LogP contribution >= 0.6 is 27.7 Å². The molecule has 0 radical (unpaired) electrons. The Labute approximate surface area is 157 Å². The van der Waals surface area contributed by atoms with Gasteiger partial charge in [-0.3, -0.25) is 14.2 Å². The Morgan fingerprint density at radius 1 is 1.52 bits per heavy atom. The van der Waals surface area contributed by atoms with Crippen LogP contribution in [0.5, 0.6) is 0 Å². The van der Waals surface area contributed by atoms with Crippen LogP contribution in [0, 0.1) is 0 Å². The zero-order valence-electron chi connectivity index (χ0n) is 14.0. The summed E-state index contributed by atoms with van der Waals surface area (Å²) in [5.41, 5.74) is 0.312. The topological polar surface area (TPSA) is 93.5 Å². The van der Waals surface area contributed by atoms with Crippen molar-refractivity contribution in [1.82, 2.24) is 14.9 Å². The number of aliphatic hydroxyl groups excluding tert-OH is 1. The number of nitrogens with one attached hydrogen (secondary N) is 1. The maximum absolute atomic E-state index is 12.8. The van der Waals surface area contributed by atoms with E-state index in [1.54, 1.807) is 32.2 Å². The molecule has 0 saturated heterocycles. The Hall–Kier alpha value is -1.42. The number of thioether (sulfide) groups is 1. The first-order valence-electron chi connectivity index (χ1n) is 7.69. The van der Waals surface area contributed by atoms with E-state index < -0.39 is 6.10 Å². The molecule has 0 aliphatic heterocycles. The van der Waals surface area contributed by atoms with Gasteiger partial charge in [0.25, 0.3) is 5.56 Å². The number of fused-ring (bicyclic) bond motifs is 1. The van der Waals surface area contributed by atoms with Gasteiger partial charge in [0.2, 0.25) is 5.91 Å². The number of carbonyl (C=O) groups is 1. The summed E-state index contributed by atoms with van der Waals surface area (Å²) in [6, 6.07) is 5.26. The SMILES string of the molecule is COCCNC(=O)CSc1nc2ccc(Br)cc2c(=O)n1C[C@H](C)O. The Morgan fingerprint density at radius 2 is 2.28 bits per heavy atom. The quantitative estimate of drug-likeness (QED) is 0.374. The fourth-order valence-corrected chi connectivity index (χ4v) is 3.38. The summed E-state index contributed by atoms with van der Waals surface area (Å²) < 4.78 is 7.07. The van der Waals surface area contributed by atoms with Crippen molar-refractivity contribution in [3.63, 3.8) is 0 Å². The van der Waals surface area contributed by atoms with Crippen molar-refractivity contribution in [2.24, 2.45) is 0 Å². The van der Waals surface area contributed by atoms with Crippen molar-refractivity contribution >= 4 is 44.5 Å². The van der Waals surface area contributed by atoms with Crippen molar-refractivity contribution in [3.05, 3.63) is 33.0 Å². The van der Waals surface area contributed by atoms with Gasteiger partial charge in [-0.1, -0.05) is 27.7 Å². The summed E-state index contributed by atoms with van der Waals surface area (Å²) in [6.45, 7) is 2.58. The summed E-state index contributed by atoms with van der Waals surface area (Å²) in [5.74, 6) is -0.0475. The van der Waals surface area contributed by atoms with Gasteiger partial charge in [-0.15, -0.1) is 0 Å². The Bertz CT molecular complexity index is 810. The summed E-state index contributed by atoms with van der Waals surface area (Å²) >= 11 is 4.51. The van der Waals surface area contributed by atoms with Crippen LogP contribution in [0.1, 0.15) is 6.92 Å². The molecule has 2 aromatic rings. The minimum atomic E-state index is -0.709. The van der Waals surface area contributed by atoms with E-state index in [1.807, 2.05) is 0 Å². The van der Waals surface area contributed by atoms with Gasteiger partial charge in [0.1, 0.15) is 0 Å². The summed E-state index contributed by atoms with van der Waals surface area (Å²) in [5, 5.41) is 13.3. The lowest BCUT2D eigenvalue weighted by Gasteiger charge is -2.14. The molecule has 1 heterocycles. The number of methoxy groups -OCH3 is 1. The second-order valence-electron chi connectivity index (χ2n) is 5.45. The molecule has 25 heavy (non-hydrogen) atoms. The average Bonchev–Trinajstić information content (AvgIpc) is 2.56. The Kier molecular flexibility index (Phi) is 7.42. The van der Waals surface area contributed by atoms with Gasteiger partial charge in [-0.2, -0.15) is 0 Å². The van der Waals surface area contributed by atoms with Crippen LogP contribution in [0.3, 0.4) is 0 Å². The van der Waals surface area contributed by atoms with Crippen LogP contribution in [0.15, 0.2) is 32.6 Å². The van der Waals surface area contributed by atoms with Crippen LogP contribution in [0.2, 0.25) is 0 Å². The lowest BCUT2D eigenvalue weighted by molar-refractivity contribution is -0.118. The molecule has 2 N–H and O–H groups in total. The zero-order chi connectivity index (χ0) is 18.4. The number of hydrogen-bond acceptors (Lipinski definition) is 6. The van der Waals surface area contributed by atoms with Gasteiger partial charge in [-0.05, 0) is 25.1 Å². The molecule has 0 fully saturated rings. The molecule has 7 nitrogen and oxygen atoms in total. The molecular weight excluding hydrogens is 410 g/mol. The number of hydrogen-bond donors (Lipinski definition) is 2. The number of halogens is 1. The summed E-state index contributed by atoms with van der Waals surface area (Å²) in [6.07, 6.45) is -0.709. The number of amides is 1. The number of ether oxygens (including phenoxy) is 1. The first-order valence-corrected chi connectivity index (χ1v) is 9.47. The lowest BCUT2D eigenvalue weighted by atomic mass is 10.2. The Balaban J connectivity index is 2.29. The molecule has 0 aliphatic carbocycles. The van der Waals surface area contributed by atoms with E-state index in [9.17, 15) is 14.7 Å². The number of benzene rings is 1. The summed E-state index contributed by atoms with van der Waals surface area (Å²) in [4.78, 5) is 29.1. The van der Waals surface area contributed by atoms with Gasteiger partial charge in [0.05, 0.1) is 35.9 Å². The largest absolute Gasteiger partial charge is 0.392 e. The van der Waals surface area contributed by atoms with Crippen molar-refractivity contribution in [2.75, 3.05) is 26.0 Å². The highest BCUT2D eigenvalue weighted by atomic mass is 79.9. The first-order chi connectivity index (χ1) is 11.9. The second kappa shape index (κ2) is 9.33. The molecule has 0 bridgehead atoms. The Morgan fingerprint density at radius 3 is 2.96 bits per heavy atom. The highest BCUT2D eigenvalue weighted by Crippen LogP contribution is 2.20. The fraction of sp³-hybridized carbons (Fsp3) is 0.438. The third kappa shape index (κ3) is 5.53. The molecule has 9 heteroatoms. The van der Waals surface area contributed by atoms with Crippen LogP contribution < -0.4 is 10.9 Å². The smallest absolute Gasteiger partial charge is 0.262 e. The van der Waals surface area contributed by atoms with Crippen molar-refractivity contribution < 1.29 is 14.6 Å². The van der Waals surface area contributed by atoms with Gasteiger partial charge < -0.3 is 15.2 Å². The predicted molar refractivity (Wildman–Crippen MR) is 101 cm³/mol. The number of rotatable bonds is 8. The third-order valence-electron chi connectivity index (χ3n) is 3.29. The van der Waals surface area contributed by atoms with E-state index >= 15 is 0 Å². The molecular formula is C16H20BrN3O4S. The molecule has 1 aromatic carbocycles. The molecule has 1 atom stereocenters. The number of aromatic nitrogens is 2. The van der Waals surface area contributed by atoms with Crippen molar-refractivity contribution in [2.45, 2.75) is 24.7 Å². The fourth-order valence-electron chi connectivity index (χ4n) is 2.18. The standard InChI is InChI=1S/C16H20BrN3O4S/c1-10(21)8-20-15(23)12-7-11(17)3-4-13(12)19-16(20)25-9-14(22)18-5-6-24-2/h3-4,7,10,21H,5-6,8-9H2,1-2H3,(H,18,22)/t10-/m0/s1. The van der Waals surface area contributed by atoms with Crippen LogP contribution in [-0.2, 0) is 16.1 Å². The summed E-state index contributed by atoms with van der Waals surface area (Å²) in [7, 11) is 1.56. The monoisotopic (exact) mass is 429 g/mol. The van der Waals surface area contributed by atoms with Gasteiger partial charge >= 0.3 is 0 Å². The third-order valence-corrected chi connectivity index (χ3v) is 4.76. The predicted octanol–water partition coefficient (Wildman–Crippen LogP) is 1.39. The van der Waals surface area contributed by atoms with Gasteiger partial charge in [0.15, 0.2) is 5.16 Å². The van der Waals surface area contributed by atoms with E-state index in [0.717, 1.165) is 16.2 Å². The highest BCUT2D eigenvalue weighted by Gasteiger charge is 2.15. The van der Waals surface area contributed by atoms with E-state index in [-0.39, 0.29) is 23.8 Å². The van der Waals surface area contributed by atoms with E-state index in [2.05, 4.69) is 26.2 Å². The van der Waals surface area contributed by atoms with Crippen LogP contribution in [0.25, 0.3) is 10.9 Å². The van der Waals surface area contributed by atoms with Crippen molar-refractivity contribution in [1.29, 1.82) is 0 Å². The second-order valence-corrected chi connectivity index (χ2v) is 7.31. The maximum atomic E-state index is 12.8. The number of nitrogens with zero attached hydrogens (tertiary/aromatic N) is 2. The molecule has 1 aromatic heterocycles. The first kappa shape index (κ1) is 19.9. The molecule has 1 amide bonds. The number of aliphatic hydroxyl groups is 1. The maximum Gasteiger partial charge on any atom is 0.262 e. The number of carbonyl (C=O) groups excluding carboxylic acids is 1. The van der Waals surface area contributed by atoms with E-state index in [4.69, 9.17) is 4.74 Å². The van der Waals surface area contributed by atoms with Gasteiger partial charge in [-0.25, -0.2) is 4.98 Å². The zero-order valence-corrected chi connectivity index (χ0v) is 16.4. The molecule has 2 rings (SSSR count). The molecule has 136 valence electrons. The van der Waals surface area contributed by atoms with E-state index in [1.165, 1.54) is 4.57 Å². The molecule has 0 spiro atoms. The van der Waals surface area contributed by atoms with Crippen LogP contribution in [-0.4, -0.2) is 52.7 Å². The van der Waals surface area contributed by atoms with Gasteiger partial charge in [0, 0.05) is 18.1 Å². The van der Waals surface area contributed by atoms with Crippen LogP contribution in [0.4, 0.5) is 0 Å². The molecule has 0 aliphatic rings. The minimum absolute atomic E-state index is 0.113. The van der Waals surface area contributed by atoms with E-state index in [0.29, 0.717) is 29.2 Å². The van der Waals surface area contributed by atoms with Crippen molar-refractivity contribution in [3.8, 4) is 0 Å². The molecule has 0 saturated carbocycles. The highest BCUT2D eigenvalue weighted by molar-refractivity contribution is 9.10. The molecule has 0 unspecified atom stereocenters. The lowest BCUT2D eigenvalue weighted by Crippen LogP contribution is -2.30. The normalized spacial score (nSPS) is 12.3. The average molecular weight is 430 g/mol.